The highest BCUT2D eigenvalue weighted by atomic mass is 79.9. The van der Waals surface area contributed by atoms with E-state index in [1.807, 2.05) is 17.5 Å². The Bertz CT molecular complexity index is 604. The minimum Gasteiger partial charge on any atom is -0.383 e. The van der Waals surface area contributed by atoms with E-state index in [-0.39, 0.29) is 5.91 Å². The molecular formula is C15H15BrFNO2S. The van der Waals surface area contributed by atoms with E-state index in [9.17, 15) is 9.18 Å². The van der Waals surface area contributed by atoms with Crippen LogP contribution >= 0.6 is 27.3 Å². The van der Waals surface area contributed by atoms with Crippen LogP contribution in [0, 0.1) is 5.82 Å². The van der Waals surface area contributed by atoms with Crippen LogP contribution in [0.15, 0.2) is 40.2 Å². The van der Waals surface area contributed by atoms with Gasteiger partial charge in [0.05, 0.1) is 18.7 Å². The van der Waals surface area contributed by atoms with Crippen LogP contribution in [0.2, 0.25) is 0 Å². The van der Waals surface area contributed by atoms with Crippen LogP contribution in [-0.4, -0.2) is 31.1 Å². The summed E-state index contributed by atoms with van der Waals surface area (Å²) in [7, 11) is 1.59. The summed E-state index contributed by atoms with van der Waals surface area (Å²) in [5.74, 6) is -0.642. The van der Waals surface area contributed by atoms with Gasteiger partial charge in [0.15, 0.2) is 0 Å². The van der Waals surface area contributed by atoms with E-state index in [0.717, 1.165) is 4.88 Å². The van der Waals surface area contributed by atoms with Gasteiger partial charge in [-0.15, -0.1) is 11.3 Å². The molecule has 1 aromatic heterocycles. The van der Waals surface area contributed by atoms with Gasteiger partial charge in [0.1, 0.15) is 5.82 Å². The fourth-order valence-electron chi connectivity index (χ4n) is 1.88. The molecule has 0 bridgehead atoms. The zero-order chi connectivity index (χ0) is 15.2. The van der Waals surface area contributed by atoms with E-state index < -0.39 is 5.82 Å². The first-order chi connectivity index (χ1) is 10.1. The second-order valence-corrected chi connectivity index (χ2v) is 6.31. The van der Waals surface area contributed by atoms with Gasteiger partial charge in [0.2, 0.25) is 0 Å². The van der Waals surface area contributed by atoms with Crippen molar-refractivity contribution < 1.29 is 13.9 Å². The van der Waals surface area contributed by atoms with Crippen molar-refractivity contribution in [3.63, 3.8) is 0 Å². The van der Waals surface area contributed by atoms with Crippen LogP contribution in [0.25, 0.3) is 0 Å². The van der Waals surface area contributed by atoms with Gasteiger partial charge in [0.25, 0.3) is 5.91 Å². The summed E-state index contributed by atoms with van der Waals surface area (Å²) in [6.45, 7) is 1.38. The van der Waals surface area contributed by atoms with Crippen LogP contribution < -0.4 is 0 Å². The first-order valence-electron chi connectivity index (χ1n) is 6.37. The van der Waals surface area contributed by atoms with Crippen molar-refractivity contribution in [3.05, 3.63) is 56.4 Å². The highest BCUT2D eigenvalue weighted by molar-refractivity contribution is 9.10. The number of benzene rings is 1. The normalized spacial score (nSPS) is 10.6. The number of hydrogen-bond donors (Lipinski definition) is 0. The highest BCUT2D eigenvalue weighted by Crippen LogP contribution is 2.21. The molecule has 6 heteroatoms. The number of rotatable bonds is 6. The molecule has 0 aliphatic heterocycles. The van der Waals surface area contributed by atoms with E-state index in [1.54, 1.807) is 29.4 Å². The molecule has 112 valence electrons. The van der Waals surface area contributed by atoms with Gasteiger partial charge in [0, 0.05) is 23.0 Å². The molecule has 0 N–H and O–H groups in total. The molecule has 0 saturated heterocycles. The molecule has 0 atom stereocenters. The van der Waals surface area contributed by atoms with Gasteiger partial charge < -0.3 is 9.64 Å². The second-order valence-electron chi connectivity index (χ2n) is 4.42. The summed E-state index contributed by atoms with van der Waals surface area (Å²) in [4.78, 5) is 15.4. The summed E-state index contributed by atoms with van der Waals surface area (Å²) in [5.41, 5.74) is 0.322. The minimum atomic E-state index is -0.427. The maximum Gasteiger partial charge on any atom is 0.255 e. The van der Waals surface area contributed by atoms with Crippen molar-refractivity contribution in [2.45, 2.75) is 6.54 Å². The van der Waals surface area contributed by atoms with Crippen LogP contribution in [-0.2, 0) is 11.3 Å². The van der Waals surface area contributed by atoms with Gasteiger partial charge in [-0.1, -0.05) is 6.07 Å². The Morgan fingerprint density at radius 3 is 2.90 bits per heavy atom. The second kappa shape index (κ2) is 7.68. The lowest BCUT2D eigenvalue weighted by molar-refractivity contribution is 0.0681. The third-order valence-corrected chi connectivity index (χ3v) is 4.49. The van der Waals surface area contributed by atoms with E-state index in [4.69, 9.17) is 4.74 Å². The molecule has 21 heavy (non-hydrogen) atoms. The predicted molar refractivity (Wildman–Crippen MR) is 85.0 cm³/mol. The molecular weight excluding hydrogens is 357 g/mol. The lowest BCUT2D eigenvalue weighted by Gasteiger charge is -2.22. The fraction of sp³-hybridized carbons (Fsp3) is 0.267. The molecule has 0 fully saturated rings. The summed E-state index contributed by atoms with van der Waals surface area (Å²) in [6.07, 6.45) is 0. The third kappa shape index (κ3) is 4.36. The molecule has 1 heterocycles. The molecule has 1 aromatic carbocycles. The number of nitrogens with zero attached hydrogens (tertiary/aromatic N) is 1. The molecule has 0 aliphatic carbocycles. The Morgan fingerprint density at radius 2 is 2.24 bits per heavy atom. The lowest BCUT2D eigenvalue weighted by atomic mass is 10.2. The average molecular weight is 372 g/mol. The Kier molecular flexibility index (Phi) is 5.90. The van der Waals surface area contributed by atoms with Gasteiger partial charge in [-0.2, -0.15) is 0 Å². The van der Waals surface area contributed by atoms with Gasteiger partial charge in [-0.05, 0) is 45.6 Å². The fourth-order valence-corrected chi connectivity index (χ4v) is 3.01. The maximum atomic E-state index is 13.4. The van der Waals surface area contributed by atoms with Crippen LogP contribution in [0.5, 0.6) is 0 Å². The van der Waals surface area contributed by atoms with Gasteiger partial charge in [-0.25, -0.2) is 4.39 Å². The van der Waals surface area contributed by atoms with Crippen molar-refractivity contribution in [3.8, 4) is 0 Å². The quantitative estimate of drug-likeness (QED) is 0.769. The van der Waals surface area contributed by atoms with Gasteiger partial charge >= 0.3 is 0 Å². The van der Waals surface area contributed by atoms with E-state index in [1.165, 1.54) is 12.1 Å². The standard InChI is InChI=1S/C15H15BrFNO2S/c1-20-7-6-18(10-12-3-2-8-21-12)15(19)13-9-11(17)4-5-14(13)16/h2-5,8-9H,6-7,10H2,1H3. The van der Waals surface area contributed by atoms with Crippen LogP contribution in [0.4, 0.5) is 4.39 Å². The van der Waals surface area contributed by atoms with E-state index in [2.05, 4.69) is 15.9 Å². The molecule has 0 spiro atoms. The number of amides is 1. The van der Waals surface area contributed by atoms with Crippen molar-refractivity contribution in [1.29, 1.82) is 0 Å². The zero-order valence-corrected chi connectivity index (χ0v) is 13.9. The summed E-state index contributed by atoms with van der Waals surface area (Å²) < 4.78 is 19.0. The van der Waals surface area contributed by atoms with Crippen LogP contribution in [0.1, 0.15) is 15.2 Å². The molecule has 0 unspecified atom stereocenters. The first kappa shape index (κ1) is 16.1. The molecule has 0 saturated carbocycles. The largest absolute Gasteiger partial charge is 0.383 e. The number of methoxy groups -OCH3 is 1. The van der Waals surface area contributed by atoms with Crippen LogP contribution in [0.3, 0.4) is 0 Å². The molecule has 1 amide bonds. The Hall–Kier alpha value is -1.24. The predicted octanol–water partition coefficient (Wildman–Crippen LogP) is 3.94. The molecule has 0 aliphatic rings. The van der Waals surface area contributed by atoms with E-state index in [0.29, 0.717) is 29.7 Å². The Balaban J connectivity index is 2.22. The summed E-state index contributed by atoms with van der Waals surface area (Å²) >= 11 is 4.89. The smallest absolute Gasteiger partial charge is 0.255 e. The number of hydrogen-bond acceptors (Lipinski definition) is 3. The number of thiophene rings is 1. The number of ether oxygens (including phenoxy) is 1. The number of carbonyl (C=O) groups excluding carboxylic acids is 1. The molecule has 2 aromatic rings. The molecule has 0 radical (unpaired) electrons. The average Bonchev–Trinajstić information content (AvgIpc) is 2.98. The summed E-state index contributed by atoms with van der Waals surface area (Å²) in [5, 5.41) is 1.96. The van der Waals surface area contributed by atoms with E-state index >= 15 is 0 Å². The minimum absolute atomic E-state index is 0.216. The number of halogens is 2. The maximum absolute atomic E-state index is 13.4. The summed E-state index contributed by atoms with van der Waals surface area (Å²) in [6, 6.07) is 8.03. The van der Waals surface area contributed by atoms with Gasteiger partial charge in [-0.3, -0.25) is 4.79 Å². The monoisotopic (exact) mass is 371 g/mol. The van der Waals surface area contributed by atoms with Crippen molar-refractivity contribution >= 4 is 33.2 Å². The molecule has 2 rings (SSSR count). The Morgan fingerprint density at radius 1 is 1.43 bits per heavy atom. The molecule has 3 nitrogen and oxygen atoms in total. The SMILES string of the molecule is COCCN(Cc1cccs1)C(=O)c1cc(F)ccc1Br. The topological polar surface area (TPSA) is 29.5 Å². The van der Waals surface area contributed by atoms with Crippen molar-refractivity contribution in [1.82, 2.24) is 4.90 Å². The number of carbonyl (C=O) groups is 1. The lowest BCUT2D eigenvalue weighted by Crippen LogP contribution is -2.33. The Labute approximate surface area is 135 Å². The highest BCUT2D eigenvalue weighted by Gasteiger charge is 2.19. The zero-order valence-electron chi connectivity index (χ0n) is 11.5. The van der Waals surface area contributed by atoms with Crippen molar-refractivity contribution in [2.24, 2.45) is 0 Å². The third-order valence-electron chi connectivity index (χ3n) is 2.94. The van der Waals surface area contributed by atoms with Crippen molar-refractivity contribution in [2.75, 3.05) is 20.3 Å². The first-order valence-corrected chi connectivity index (χ1v) is 8.04.